The van der Waals surface area contributed by atoms with Crippen LogP contribution in [0.15, 0.2) is 235 Å². The highest BCUT2D eigenvalue weighted by atomic mass is 16.3. The molecule has 286 valence electrons. The summed E-state index contributed by atoms with van der Waals surface area (Å²) in [4.78, 5) is 2.31. The van der Waals surface area contributed by atoms with E-state index in [0.29, 0.717) is 0 Å². The molecule has 3 heteroatoms. The van der Waals surface area contributed by atoms with E-state index < -0.39 is 0 Å². The van der Waals surface area contributed by atoms with Crippen molar-refractivity contribution < 1.29 is 4.42 Å². The van der Waals surface area contributed by atoms with Crippen LogP contribution in [0.1, 0.15) is 0 Å². The van der Waals surface area contributed by atoms with Crippen molar-refractivity contribution in [2.24, 2.45) is 0 Å². The molecule has 2 heterocycles. The molecule has 0 N–H and O–H groups in total. The molecular formula is C58H38N2O. The lowest BCUT2D eigenvalue weighted by molar-refractivity contribution is 0.669. The quantitative estimate of drug-likeness (QED) is 0.161. The molecule has 0 atom stereocenters. The summed E-state index contributed by atoms with van der Waals surface area (Å²) in [7, 11) is 0. The van der Waals surface area contributed by atoms with Gasteiger partial charge in [0.1, 0.15) is 11.2 Å². The van der Waals surface area contributed by atoms with Gasteiger partial charge in [-0.1, -0.05) is 158 Å². The van der Waals surface area contributed by atoms with Crippen LogP contribution in [0.5, 0.6) is 0 Å². The third-order valence-corrected chi connectivity index (χ3v) is 12.2. The Kier molecular flexibility index (Phi) is 8.17. The standard InChI is InChI=1S/C58H38N2O/c1-3-15-40(16-4-1)46-20-7-8-21-47(46)48-24-13-17-41-29-30-42(37-52(41)48)39-31-33-44(34-32-39)59(43-18-5-2-6-19-43)45-35-36-51-57(38-45)61-56-28-14-27-55(58(51)56)60-53-25-11-9-22-49(53)50-23-10-12-26-54(50)60/h1-38H. The van der Waals surface area contributed by atoms with E-state index in [1.54, 1.807) is 0 Å². The fourth-order valence-electron chi connectivity index (χ4n) is 9.40. The molecule has 0 spiro atoms. The number of benzene rings is 10. The summed E-state index contributed by atoms with van der Waals surface area (Å²) in [5.41, 5.74) is 15.6. The van der Waals surface area contributed by atoms with Gasteiger partial charge < -0.3 is 13.9 Å². The number of fused-ring (bicyclic) bond motifs is 7. The van der Waals surface area contributed by atoms with Gasteiger partial charge in [-0.3, -0.25) is 0 Å². The summed E-state index contributed by atoms with van der Waals surface area (Å²) in [5, 5.41) is 7.13. The zero-order valence-corrected chi connectivity index (χ0v) is 33.2. The third kappa shape index (κ3) is 5.82. The van der Waals surface area contributed by atoms with Crippen LogP contribution in [0.2, 0.25) is 0 Å². The van der Waals surface area contributed by atoms with Crippen LogP contribution < -0.4 is 4.90 Å². The lowest BCUT2D eigenvalue weighted by atomic mass is 9.90. The number of nitrogens with zero attached hydrogens (tertiary/aromatic N) is 2. The Balaban J connectivity index is 0.946. The van der Waals surface area contributed by atoms with Crippen molar-refractivity contribution in [3.05, 3.63) is 231 Å². The molecular weight excluding hydrogens is 741 g/mol. The van der Waals surface area contributed by atoms with Crippen LogP contribution in [0, 0.1) is 0 Å². The first-order chi connectivity index (χ1) is 30.3. The average Bonchev–Trinajstić information content (AvgIpc) is 3.88. The first kappa shape index (κ1) is 34.9. The van der Waals surface area contributed by atoms with Crippen molar-refractivity contribution in [3.63, 3.8) is 0 Å². The van der Waals surface area contributed by atoms with Gasteiger partial charge in [-0.2, -0.15) is 0 Å². The van der Waals surface area contributed by atoms with Crippen LogP contribution in [0.25, 0.3) is 93.6 Å². The van der Waals surface area contributed by atoms with Gasteiger partial charge in [-0.25, -0.2) is 0 Å². The maximum absolute atomic E-state index is 6.72. The van der Waals surface area contributed by atoms with E-state index in [1.807, 2.05) is 0 Å². The summed E-state index contributed by atoms with van der Waals surface area (Å²) in [5.74, 6) is 0. The smallest absolute Gasteiger partial charge is 0.137 e. The minimum absolute atomic E-state index is 0.846. The first-order valence-corrected chi connectivity index (χ1v) is 20.8. The van der Waals surface area contributed by atoms with Crippen molar-refractivity contribution in [2.75, 3.05) is 4.90 Å². The third-order valence-electron chi connectivity index (χ3n) is 12.2. The highest BCUT2D eigenvalue weighted by Crippen LogP contribution is 2.43. The number of furan rings is 1. The Morgan fingerprint density at radius 3 is 1.70 bits per heavy atom. The van der Waals surface area contributed by atoms with Crippen LogP contribution in [0.3, 0.4) is 0 Å². The van der Waals surface area contributed by atoms with Crippen LogP contribution in [-0.4, -0.2) is 4.57 Å². The van der Waals surface area contributed by atoms with Gasteiger partial charge in [-0.05, 0) is 111 Å². The maximum atomic E-state index is 6.72. The van der Waals surface area contributed by atoms with Gasteiger partial charge in [-0.15, -0.1) is 0 Å². The molecule has 0 bridgehead atoms. The van der Waals surface area contributed by atoms with Crippen molar-refractivity contribution in [2.45, 2.75) is 0 Å². The van der Waals surface area contributed by atoms with Crippen molar-refractivity contribution in [1.82, 2.24) is 4.57 Å². The summed E-state index contributed by atoms with van der Waals surface area (Å²) < 4.78 is 9.11. The largest absolute Gasteiger partial charge is 0.456 e. The Bertz CT molecular complexity index is 3530. The minimum Gasteiger partial charge on any atom is -0.456 e. The first-order valence-electron chi connectivity index (χ1n) is 20.8. The van der Waals surface area contributed by atoms with Crippen LogP contribution in [-0.2, 0) is 0 Å². The zero-order valence-electron chi connectivity index (χ0n) is 33.2. The Hall–Kier alpha value is -8.14. The fourth-order valence-corrected chi connectivity index (χ4v) is 9.40. The second-order valence-electron chi connectivity index (χ2n) is 15.7. The summed E-state index contributed by atoms with van der Waals surface area (Å²) in [6.45, 7) is 0. The number of aromatic nitrogens is 1. The SMILES string of the molecule is c1ccc(-c2ccccc2-c2cccc3ccc(-c4ccc(N(c5ccccc5)c5ccc6c(c5)oc5cccc(-n7c8ccccc8c8ccccc87)c56)cc4)cc23)cc1. The molecule has 0 fully saturated rings. The number of anilines is 3. The Morgan fingerprint density at radius 2 is 0.934 bits per heavy atom. The number of hydrogen-bond donors (Lipinski definition) is 0. The number of rotatable bonds is 7. The highest BCUT2D eigenvalue weighted by Gasteiger charge is 2.20. The molecule has 12 rings (SSSR count). The van der Waals surface area contributed by atoms with Gasteiger partial charge >= 0.3 is 0 Å². The van der Waals surface area contributed by atoms with Crippen molar-refractivity contribution >= 4 is 71.6 Å². The molecule has 0 aliphatic rings. The molecule has 0 saturated carbocycles. The predicted molar refractivity (Wildman–Crippen MR) is 257 cm³/mol. The molecule has 61 heavy (non-hydrogen) atoms. The second-order valence-corrected chi connectivity index (χ2v) is 15.7. The Morgan fingerprint density at radius 1 is 0.328 bits per heavy atom. The summed E-state index contributed by atoms with van der Waals surface area (Å²) in [6.07, 6.45) is 0. The molecule has 0 saturated heterocycles. The molecule has 0 unspecified atom stereocenters. The molecule has 12 aromatic rings. The van der Waals surface area contributed by atoms with E-state index in [9.17, 15) is 0 Å². The molecule has 2 aromatic heterocycles. The van der Waals surface area contributed by atoms with E-state index in [2.05, 4.69) is 240 Å². The summed E-state index contributed by atoms with van der Waals surface area (Å²) in [6, 6.07) is 82.7. The van der Waals surface area contributed by atoms with Crippen molar-refractivity contribution in [3.8, 4) is 39.1 Å². The fraction of sp³-hybridized carbons (Fsp3) is 0. The maximum Gasteiger partial charge on any atom is 0.137 e. The molecule has 0 aliphatic carbocycles. The molecule has 10 aromatic carbocycles. The van der Waals surface area contributed by atoms with Gasteiger partial charge in [0.2, 0.25) is 0 Å². The normalized spacial score (nSPS) is 11.6. The van der Waals surface area contributed by atoms with Crippen molar-refractivity contribution in [1.29, 1.82) is 0 Å². The summed E-state index contributed by atoms with van der Waals surface area (Å²) >= 11 is 0. The topological polar surface area (TPSA) is 21.3 Å². The minimum atomic E-state index is 0.846. The predicted octanol–water partition coefficient (Wildman–Crippen LogP) is 16.3. The van der Waals surface area contributed by atoms with E-state index in [1.165, 1.54) is 60.4 Å². The molecule has 0 radical (unpaired) electrons. The Labute approximate surface area is 353 Å². The lowest BCUT2D eigenvalue weighted by Crippen LogP contribution is -2.09. The second kappa shape index (κ2) is 14.3. The van der Waals surface area contributed by atoms with Crippen LogP contribution >= 0.6 is 0 Å². The van der Waals surface area contributed by atoms with Gasteiger partial charge in [0.05, 0.1) is 22.1 Å². The van der Waals surface area contributed by atoms with Gasteiger partial charge in [0.15, 0.2) is 0 Å². The average molecular weight is 779 g/mol. The van der Waals surface area contributed by atoms with Crippen LogP contribution in [0.4, 0.5) is 17.1 Å². The van der Waals surface area contributed by atoms with Gasteiger partial charge in [0, 0.05) is 39.3 Å². The van der Waals surface area contributed by atoms with E-state index in [4.69, 9.17) is 4.42 Å². The van der Waals surface area contributed by atoms with E-state index >= 15 is 0 Å². The lowest BCUT2D eigenvalue weighted by Gasteiger charge is -2.25. The van der Waals surface area contributed by atoms with Gasteiger partial charge in [0.25, 0.3) is 0 Å². The van der Waals surface area contributed by atoms with E-state index in [0.717, 1.165) is 50.3 Å². The number of hydrogen-bond acceptors (Lipinski definition) is 2. The molecule has 0 amide bonds. The number of para-hydroxylation sites is 3. The van der Waals surface area contributed by atoms with E-state index in [-0.39, 0.29) is 0 Å². The highest BCUT2D eigenvalue weighted by molar-refractivity contribution is 6.15. The zero-order chi connectivity index (χ0) is 40.3. The molecule has 0 aliphatic heterocycles. The monoisotopic (exact) mass is 778 g/mol. The molecule has 3 nitrogen and oxygen atoms in total.